The highest BCUT2D eigenvalue weighted by atomic mass is 19.1. The molecule has 8 heteroatoms. The van der Waals surface area contributed by atoms with Crippen molar-refractivity contribution >= 4 is 11.8 Å². The average Bonchev–Trinajstić information content (AvgIpc) is 3.53. The molecule has 0 saturated carbocycles. The molecular weight excluding hydrogens is 433 g/mol. The van der Waals surface area contributed by atoms with Crippen molar-refractivity contribution in [1.29, 1.82) is 0 Å². The number of likely N-dealkylation sites (tertiary alicyclic amines) is 2. The second-order valence-corrected chi connectivity index (χ2v) is 9.43. The van der Waals surface area contributed by atoms with Gasteiger partial charge in [-0.2, -0.15) is 5.10 Å². The molecule has 2 fully saturated rings. The quantitative estimate of drug-likeness (QED) is 0.589. The van der Waals surface area contributed by atoms with Gasteiger partial charge in [-0.15, -0.1) is 0 Å². The highest BCUT2D eigenvalue weighted by molar-refractivity contribution is 5.97. The maximum atomic E-state index is 14.6. The number of aromatic nitrogens is 3. The Morgan fingerprint density at radius 1 is 0.971 bits per heavy atom. The summed E-state index contributed by atoms with van der Waals surface area (Å²) in [4.78, 5) is 30.4. The van der Waals surface area contributed by atoms with Crippen LogP contribution in [0.25, 0.3) is 11.5 Å². The summed E-state index contributed by atoms with van der Waals surface area (Å²) in [5, 5.41) is 4.38. The molecule has 178 valence electrons. The van der Waals surface area contributed by atoms with Gasteiger partial charge in [-0.25, -0.2) is 9.07 Å². The van der Waals surface area contributed by atoms with Gasteiger partial charge in [0.25, 0.3) is 5.91 Å². The van der Waals surface area contributed by atoms with Crippen LogP contribution in [0.2, 0.25) is 0 Å². The van der Waals surface area contributed by atoms with Crippen molar-refractivity contribution in [1.82, 2.24) is 24.1 Å². The van der Waals surface area contributed by atoms with Crippen LogP contribution in [0.1, 0.15) is 43.0 Å². The number of hydrogen-bond acceptors (Lipinski definition) is 3. The van der Waals surface area contributed by atoms with Gasteiger partial charge in [0.05, 0.1) is 6.20 Å². The Hall–Kier alpha value is -3.42. The Morgan fingerprint density at radius 3 is 2.41 bits per heavy atom. The number of nitrogens with zero attached hydrogens (tertiary/aromatic N) is 5. The lowest BCUT2D eigenvalue weighted by molar-refractivity contribution is -0.138. The molecule has 0 bridgehead atoms. The largest absolute Gasteiger partial charge is 0.342 e. The van der Waals surface area contributed by atoms with E-state index < -0.39 is 5.82 Å². The van der Waals surface area contributed by atoms with Crippen molar-refractivity contribution in [3.05, 3.63) is 66.4 Å². The number of halogens is 1. The molecule has 7 nitrogen and oxygen atoms in total. The highest BCUT2D eigenvalue weighted by Crippen LogP contribution is 2.27. The second-order valence-electron chi connectivity index (χ2n) is 9.43. The molecule has 1 atom stereocenters. The first-order valence-corrected chi connectivity index (χ1v) is 12.1. The Bertz CT molecular complexity index is 1160. The van der Waals surface area contributed by atoms with Gasteiger partial charge in [-0.05, 0) is 55.9 Å². The lowest BCUT2D eigenvalue weighted by Crippen LogP contribution is -2.47. The number of para-hydroxylation sites is 1. The van der Waals surface area contributed by atoms with Gasteiger partial charge < -0.3 is 14.4 Å². The summed E-state index contributed by atoms with van der Waals surface area (Å²) in [5.74, 6) is 0.699. The number of benzene rings is 1. The van der Waals surface area contributed by atoms with E-state index in [-0.39, 0.29) is 23.4 Å². The Kier molecular flexibility index (Phi) is 6.22. The third-order valence-corrected chi connectivity index (χ3v) is 7.00. The number of amides is 2. The zero-order valence-corrected chi connectivity index (χ0v) is 19.4. The SMILES string of the molecule is CC1CCCN(C(=O)C2CCN(C(=O)c3cnn(-c4ccccc4F)c3-n3cccc3)CC2)C1. The van der Waals surface area contributed by atoms with Crippen molar-refractivity contribution in [2.45, 2.75) is 32.6 Å². The van der Waals surface area contributed by atoms with Gasteiger partial charge >= 0.3 is 0 Å². The van der Waals surface area contributed by atoms with Crippen LogP contribution in [0.3, 0.4) is 0 Å². The van der Waals surface area contributed by atoms with E-state index in [4.69, 9.17) is 0 Å². The van der Waals surface area contributed by atoms with Crippen LogP contribution in [-0.4, -0.2) is 62.1 Å². The van der Waals surface area contributed by atoms with Gasteiger partial charge in [0, 0.05) is 44.5 Å². The van der Waals surface area contributed by atoms with E-state index in [1.54, 1.807) is 27.7 Å². The maximum Gasteiger partial charge on any atom is 0.259 e. The molecule has 0 aliphatic carbocycles. The monoisotopic (exact) mass is 463 g/mol. The molecule has 0 N–H and O–H groups in total. The van der Waals surface area contributed by atoms with Crippen LogP contribution in [-0.2, 0) is 4.79 Å². The number of rotatable bonds is 4. The van der Waals surface area contributed by atoms with E-state index in [1.165, 1.54) is 23.4 Å². The molecule has 5 rings (SSSR count). The van der Waals surface area contributed by atoms with Crippen molar-refractivity contribution in [2.24, 2.45) is 11.8 Å². The average molecular weight is 464 g/mol. The molecule has 0 radical (unpaired) electrons. The van der Waals surface area contributed by atoms with Crippen LogP contribution in [0.15, 0.2) is 55.0 Å². The first kappa shape index (κ1) is 22.4. The van der Waals surface area contributed by atoms with Gasteiger partial charge in [0.15, 0.2) is 5.82 Å². The fourth-order valence-corrected chi connectivity index (χ4v) is 5.16. The zero-order chi connectivity index (χ0) is 23.7. The van der Waals surface area contributed by atoms with Crippen molar-refractivity contribution in [3.63, 3.8) is 0 Å². The smallest absolute Gasteiger partial charge is 0.259 e. The predicted molar refractivity (Wildman–Crippen MR) is 126 cm³/mol. The number of hydrogen-bond donors (Lipinski definition) is 0. The maximum absolute atomic E-state index is 14.6. The van der Waals surface area contributed by atoms with Gasteiger partial charge in [0.2, 0.25) is 5.91 Å². The number of piperidine rings is 2. The minimum absolute atomic E-state index is 0.0283. The molecule has 2 aromatic heterocycles. The zero-order valence-electron chi connectivity index (χ0n) is 19.4. The van der Waals surface area contributed by atoms with Crippen LogP contribution >= 0.6 is 0 Å². The van der Waals surface area contributed by atoms with E-state index in [2.05, 4.69) is 12.0 Å². The van der Waals surface area contributed by atoms with Gasteiger partial charge in [-0.3, -0.25) is 9.59 Å². The van der Waals surface area contributed by atoms with Gasteiger partial charge in [0.1, 0.15) is 17.1 Å². The summed E-state index contributed by atoms with van der Waals surface area (Å²) >= 11 is 0. The first-order chi connectivity index (χ1) is 16.5. The van der Waals surface area contributed by atoms with E-state index in [0.29, 0.717) is 43.2 Å². The molecule has 2 amide bonds. The minimum Gasteiger partial charge on any atom is -0.342 e. The number of carbonyl (C=O) groups excluding carboxylic acids is 2. The predicted octanol–water partition coefficient (Wildman–Crippen LogP) is 3.91. The number of carbonyl (C=O) groups is 2. The van der Waals surface area contributed by atoms with Crippen molar-refractivity contribution < 1.29 is 14.0 Å². The normalized spacial score (nSPS) is 19.4. The standard InChI is InChI=1S/C26H30FN5O2/c1-19-7-6-14-31(18-19)25(33)20-10-15-30(16-11-20)26(34)21-17-28-32(23-9-3-2-8-22(23)27)24(21)29-12-4-5-13-29/h2-5,8-9,12-13,17,19-20H,6-7,10-11,14-16,18H2,1H3. The lowest BCUT2D eigenvalue weighted by atomic mass is 9.92. The molecule has 2 saturated heterocycles. The topological polar surface area (TPSA) is 63.4 Å². The summed E-state index contributed by atoms with van der Waals surface area (Å²) < 4.78 is 17.8. The van der Waals surface area contributed by atoms with E-state index >= 15 is 0 Å². The molecule has 3 aromatic rings. The Balaban J connectivity index is 1.35. The summed E-state index contributed by atoms with van der Waals surface area (Å²) in [7, 11) is 0. The lowest BCUT2D eigenvalue weighted by Gasteiger charge is -2.37. The van der Waals surface area contributed by atoms with E-state index in [0.717, 1.165) is 19.5 Å². The molecular formula is C26H30FN5O2. The molecule has 0 spiro atoms. The van der Waals surface area contributed by atoms with Crippen molar-refractivity contribution in [3.8, 4) is 11.5 Å². The van der Waals surface area contributed by atoms with Crippen LogP contribution < -0.4 is 0 Å². The van der Waals surface area contributed by atoms with E-state index in [9.17, 15) is 14.0 Å². The summed E-state index contributed by atoms with van der Waals surface area (Å²) in [6.45, 7) is 4.93. The van der Waals surface area contributed by atoms with Gasteiger partial charge in [-0.1, -0.05) is 19.1 Å². The summed E-state index contributed by atoms with van der Waals surface area (Å²) in [6, 6.07) is 10.1. The minimum atomic E-state index is -0.413. The van der Waals surface area contributed by atoms with Crippen LogP contribution in [0.5, 0.6) is 0 Å². The fraction of sp³-hybridized carbons (Fsp3) is 0.423. The third-order valence-electron chi connectivity index (χ3n) is 7.00. The first-order valence-electron chi connectivity index (χ1n) is 12.1. The van der Waals surface area contributed by atoms with Crippen LogP contribution in [0.4, 0.5) is 4.39 Å². The van der Waals surface area contributed by atoms with E-state index in [1.807, 2.05) is 29.4 Å². The fourth-order valence-electron chi connectivity index (χ4n) is 5.16. The third kappa shape index (κ3) is 4.24. The Morgan fingerprint density at radius 2 is 1.71 bits per heavy atom. The molecule has 4 heterocycles. The molecule has 2 aliphatic rings. The Labute approximate surface area is 198 Å². The summed E-state index contributed by atoms with van der Waals surface area (Å²) in [6.07, 6.45) is 8.71. The van der Waals surface area contributed by atoms with Crippen LogP contribution in [0, 0.1) is 17.7 Å². The molecule has 2 aliphatic heterocycles. The highest BCUT2D eigenvalue weighted by Gasteiger charge is 2.33. The molecule has 34 heavy (non-hydrogen) atoms. The van der Waals surface area contributed by atoms with Crippen molar-refractivity contribution in [2.75, 3.05) is 26.2 Å². The molecule has 1 aromatic carbocycles. The molecule has 1 unspecified atom stereocenters. The second kappa shape index (κ2) is 9.44. The summed E-state index contributed by atoms with van der Waals surface area (Å²) in [5.41, 5.74) is 0.694.